The van der Waals surface area contributed by atoms with Crippen molar-refractivity contribution in [2.75, 3.05) is 4.90 Å². The Morgan fingerprint density at radius 1 is 0.400 bits per heavy atom. The lowest BCUT2D eigenvalue weighted by atomic mass is 9.43. The lowest BCUT2D eigenvalue weighted by Gasteiger charge is -2.61. The van der Waals surface area contributed by atoms with Crippen molar-refractivity contribution in [3.8, 4) is 33.4 Å². The van der Waals surface area contributed by atoms with Crippen molar-refractivity contribution in [2.24, 2.45) is 23.7 Å². The van der Waals surface area contributed by atoms with E-state index in [2.05, 4.69) is 172 Å². The molecule has 6 aromatic rings. The quantitative estimate of drug-likeness (QED) is 0.172. The Hall–Kier alpha value is -4.88. The highest BCUT2D eigenvalue weighted by molar-refractivity contribution is 5.89. The maximum atomic E-state index is 2.67. The average Bonchev–Trinajstić information content (AvgIpc) is 3.49. The second-order valence-corrected chi connectivity index (χ2v) is 19.3. The fourth-order valence-corrected chi connectivity index (χ4v) is 12.7. The maximum Gasteiger partial charge on any atom is 0.0465 e. The number of nitrogens with zero attached hydrogens (tertiary/aromatic N) is 1. The molecule has 6 aliphatic carbocycles. The summed E-state index contributed by atoms with van der Waals surface area (Å²) in [5.74, 6) is 3.25. The van der Waals surface area contributed by atoms with E-state index in [0.29, 0.717) is 11.8 Å². The fraction of sp³-hybridized carbons (Fsp3) is 0.333. The SMILES string of the molecule is CC1(C)CCC(C)(C)c2cc(N(c3ccc(-c4ccccc4)cc3)c3ccc4c(c3)C3(c5ccc(-c6ccccc6)cc5-4)C4CC5CC(C4)CC3C5)ccc21. The summed E-state index contributed by atoms with van der Waals surface area (Å²) in [5, 5.41) is 0. The summed E-state index contributed by atoms with van der Waals surface area (Å²) in [5.41, 5.74) is 18.5. The predicted molar refractivity (Wildman–Crippen MR) is 231 cm³/mol. The number of anilines is 3. The van der Waals surface area contributed by atoms with E-state index in [1.165, 1.54) is 107 Å². The Morgan fingerprint density at radius 3 is 1.53 bits per heavy atom. The average molecular weight is 716 g/mol. The normalized spacial score (nSPS) is 26.0. The summed E-state index contributed by atoms with van der Waals surface area (Å²) in [6, 6.07) is 53.7. The van der Waals surface area contributed by atoms with Gasteiger partial charge in [0.1, 0.15) is 0 Å². The molecule has 4 saturated carbocycles. The first-order valence-corrected chi connectivity index (χ1v) is 21.1. The molecule has 0 unspecified atom stereocenters. The van der Waals surface area contributed by atoms with Gasteiger partial charge in [0, 0.05) is 22.5 Å². The Labute approximate surface area is 328 Å². The second kappa shape index (κ2) is 12.1. The van der Waals surface area contributed by atoms with Gasteiger partial charge >= 0.3 is 0 Å². The molecule has 55 heavy (non-hydrogen) atoms. The number of fused-ring (bicyclic) bond motifs is 4. The highest BCUT2D eigenvalue weighted by atomic mass is 15.1. The summed E-state index contributed by atoms with van der Waals surface area (Å²) in [7, 11) is 0. The number of benzene rings is 6. The molecule has 0 heterocycles. The molecule has 0 N–H and O–H groups in total. The van der Waals surface area contributed by atoms with E-state index in [-0.39, 0.29) is 16.2 Å². The van der Waals surface area contributed by atoms with Gasteiger partial charge in [-0.2, -0.15) is 0 Å². The summed E-state index contributed by atoms with van der Waals surface area (Å²) < 4.78 is 0. The Kier molecular flexibility index (Phi) is 7.34. The number of hydrogen-bond donors (Lipinski definition) is 0. The molecular formula is C54H53N. The minimum absolute atomic E-state index is 0.0913. The summed E-state index contributed by atoms with van der Waals surface area (Å²) in [6.45, 7) is 9.78. The lowest BCUT2D eigenvalue weighted by molar-refractivity contribution is -0.0399. The Morgan fingerprint density at radius 2 is 0.891 bits per heavy atom. The van der Waals surface area contributed by atoms with Crippen LogP contribution < -0.4 is 4.90 Å². The summed E-state index contributed by atoms with van der Waals surface area (Å²) in [6.07, 6.45) is 9.44. The van der Waals surface area contributed by atoms with Crippen molar-refractivity contribution in [1.29, 1.82) is 0 Å². The van der Waals surface area contributed by atoms with Crippen LogP contribution in [-0.4, -0.2) is 0 Å². The van der Waals surface area contributed by atoms with Gasteiger partial charge in [-0.1, -0.05) is 125 Å². The lowest BCUT2D eigenvalue weighted by Crippen LogP contribution is -2.55. The van der Waals surface area contributed by atoms with Crippen molar-refractivity contribution < 1.29 is 0 Å². The van der Waals surface area contributed by atoms with E-state index in [1.54, 1.807) is 11.1 Å². The molecule has 6 aromatic carbocycles. The van der Waals surface area contributed by atoms with Crippen molar-refractivity contribution in [1.82, 2.24) is 0 Å². The number of hydrogen-bond acceptors (Lipinski definition) is 1. The van der Waals surface area contributed by atoms with Crippen LogP contribution in [0.1, 0.15) is 94.9 Å². The summed E-state index contributed by atoms with van der Waals surface area (Å²) >= 11 is 0. The largest absolute Gasteiger partial charge is 0.310 e. The van der Waals surface area contributed by atoms with Crippen LogP contribution >= 0.6 is 0 Å². The fourth-order valence-electron chi connectivity index (χ4n) is 12.7. The Bertz CT molecular complexity index is 2400. The first-order chi connectivity index (χ1) is 26.7. The molecule has 12 rings (SSSR count). The van der Waals surface area contributed by atoms with Crippen LogP contribution in [0.15, 0.2) is 140 Å². The number of rotatable bonds is 5. The van der Waals surface area contributed by atoms with Crippen molar-refractivity contribution in [3.63, 3.8) is 0 Å². The van der Waals surface area contributed by atoms with Gasteiger partial charge in [-0.25, -0.2) is 0 Å². The standard InChI is InChI=1S/C54H53N/c1-52(2)25-26-53(3,4)51-34-45(21-24-49(51)52)55(43-18-15-39(16-19-43)37-11-7-5-8-12-37)44-20-22-46-47-32-40(38-13-9-6-10-14-38)17-23-48(47)54(50(46)33-44)41-28-35-27-36(30-41)31-42(54)29-35/h5-24,32-36,41-42H,25-31H2,1-4H3. The van der Waals surface area contributed by atoms with E-state index >= 15 is 0 Å². The zero-order valence-corrected chi connectivity index (χ0v) is 33.0. The zero-order chi connectivity index (χ0) is 37.1. The van der Waals surface area contributed by atoms with Crippen LogP contribution in [-0.2, 0) is 16.2 Å². The predicted octanol–water partition coefficient (Wildman–Crippen LogP) is 14.6. The molecular weight excluding hydrogens is 663 g/mol. The minimum Gasteiger partial charge on any atom is -0.310 e. The third-order valence-electron chi connectivity index (χ3n) is 15.3. The van der Waals surface area contributed by atoms with Gasteiger partial charge in [0.15, 0.2) is 0 Å². The van der Waals surface area contributed by atoms with Gasteiger partial charge in [-0.15, -0.1) is 0 Å². The first kappa shape index (κ1) is 33.5. The first-order valence-electron chi connectivity index (χ1n) is 21.1. The van der Waals surface area contributed by atoms with Crippen LogP contribution in [0.3, 0.4) is 0 Å². The van der Waals surface area contributed by atoms with Gasteiger partial charge < -0.3 is 4.90 Å². The maximum absolute atomic E-state index is 2.67. The highest BCUT2D eigenvalue weighted by Gasteiger charge is 2.61. The van der Waals surface area contributed by atoms with Gasteiger partial charge in [-0.3, -0.25) is 0 Å². The Balaban J connectivity index is 1.11. The van der Waals surface area contributed by atoms with Crippen molar-refractivity contribution >= 4 is 17.1 Å². The van der Waals surface area contributed by atoms with E-state index in [1.807, 2.05) is 0 Å². The molecule has 1 spiro atoms. The molecule has 6 aliphatic rings. The minimum atomic E-state index is 0.0913. The molecule has 1 heteroatoms. The topological polar surface area (TPSA) is 3.24 Å². The van der Waals surface area contributed by atoms with Gasteiger partial charge in [0.25, 0.3) is 0 Å². The van der Waals surface area contributed by atoms with Gasteiger partial charge in [-0.05, 0) is 178 Å². The molecule has 274 valence electrons. The van der Waals surface area contributed by atoms with E-state index < -0.39 is 0 Å². The molecule has 1 nitrogen and oxygen atoms in total. The van der Waals surface area contributed by atoms with Crippen LogP contribution in [0.4, 0.5) is 17.1 Å². The van der Waals surface area contributed by atoms with Crippen LogP contribution in [0.25, 0.3) is 33.4 Å². The van der Waals surface area contributed by atoms with Crippen molar-refractivity contribution in [2.45, 2.75) is 88.9 Å². The molecule has 0 aliphatic heterocycles. The third-order valence-corrected chi connectivity index (χ3v) is 15.3. The third kappa shape index (κ3) is 5.04. The molecule has 4 fully saturated rings. The smallest absolute Gasteiger partial charge is 0.0465 e. The van der Waals surface area contributed by atoms with Crippen LogP contribution in [0.5, 0.6) is 0 Å². The van der Waals surface area contributed by atoms with Gasteiger partial charge in [0.2, 0.25) is 0 Å². The van der Waals surface area contributed by atoms with Crippen LogP contribution in [0, 0.1) is 23.7 Å². The van der Waals surface area contributed by atoms with Crippen LogP contribution in [0.2, 0.25) is 0 Å². The zero-order valence-electron chi connectivity index (χ0n) is 33.0. The van der Waals surface area contributed by atoms with E-state index in [4.69, 9.17) is 0 Å². The summed E-state index contributed by atoms with van der Waals surface area (Å²) in [4.78, 5) is 2.58. The molecule has 4 bridgehead atoms. The van der Waals surface area contributed by atoms with Crippen molar-refractivity contribution in [3.05, 3.63) is 162 Å². The molecule has 0 radical (unpaired) electrons. The van der Waals surface area contributed by atoms with Gasteiger partial charge in [0.05, 0.1) is 0 Å². The van der Waals surface area contributed by atoms with E-state index in [9.17, 15) is 0 Å². The highest BCUT2D eigenvalue weighted by Crippen LogP contribution is 2.70. The molecule has 0 amide bonds. The van der Waals surface area contributed by atoms with E-state index in [0.717, 1.165) is 11.8 Å². The second-order valence-electron chi connectivity index (χ2n) is 19.3. The molecule has 0 atom stereocenters. The molecule has 0 aromatic heterocycles. The monoisotopic (exact) mass is 715 g/mol. The molecule has 0 saturated heterocycles.